The summed E-state index contributed by atoms with van der Waals surface area (Å²) in [6.07, 6.45) is -0.647. The van der Waals surface area contributed by atoms with Gasteiger partial charge in [-0.2, -0.15) is 4.98 Å². The molecule has 4 atom stereocenters. The van der Waals surface area contributed by atoms with Crippen LogP contribution in [0.15, 0.2) is 24.3 Å². The average Bonchev–Trinajstić information content (AvgIpc) is 3.50. The number of rotatable bonds is 9. The Morgan fingerprint density at radius 2 is 1.79 bits per heavy atom. The molecular weight excluding hydrogens is 472 g/mol. The minimum Gasteiger partial charge on any atom is -0.456 e. The van der Waals surface area contributed by atoms with Crippen LogP contribution in [-0.2, 0) is 31.8 Å². The summed E-state index contributed by atoms with van der Waals surface area (Å²) in [7, 11) is 1.62. The molecule has 2 aliphatic heterocycles. The summed E-state index contributed by atoms with van der Waals surface area (Å²) in [5, 5.41) is 0.374. The maximum absolute atomic E-state index is 13.9. The fourth-order valence-electron chi connectivity index (χ4n) is 4.28. The van der Waals surface area contributed by atoms with Crippen LogP contribution in [0.3, 0.4) is 0 Å². The third kappa shape index (κ3) is 4.73. The lowest BCUT2D eigenvalue weighted by molar-refractivity contribution is -0.0483. The fourth-order valence-corrected chi connectivity index (χ4v) is 4.52. The maximum atomic E-state index is 13.9. The zero-order valence-corrected chi connectivity index (χ0v) is 19.2. The van der Waals surface area contributed by atoms with Gasteiger partial charge >= 0.3 is 0 Å². The van der Waals surface area contributed by atoms with Gasteiger partial charge in [0, 0.05) is 12.7 Å². The van der Waals surface area contributed by atoms with E-state index in [1.807, 2.05) is 0 Å². The van der Waals surface area contributed by atoms with E-state index >= 15 is 0 Å². The maximum Gasteiger partial charge on any atom is 0.296 e. The third-order valence-corrected chi connectivity index (χ3v) is 6.32. The highest BCUT2D eigenvalue weighted by Crippen LogP contribution is 2.31. The van der Waals surface area contributed by atoms with Crippen LogP contribution in [0.2, 0.25) is 5.02 Å². The molecule has 0 amide bonds. The van der Waals surface area contributed by atoms with Crippen molar-refractivity contribution in [2.24, 2.45) is 0 Å². The van der Waals surface area contributed by atoms with E-state index in [-0.39, 0.29) is 48.8 Å². The number of fused-ring (bicyclic) bond motifs is 2. The van der Waals surface area contributed by atoms with E-state index in [9.17, 15) is 8.78 Å². The molecule has 0 bridgehead atoms. The lowest BCUT2D eigenvalue weighted by atomic mass is 10.1. The van der Waals surface area contributed by atoms with Crippen LogP contribution in [-0.4, -0.2) is 72.9 Å². The van der Waals surface area contributed by atoms with Gasteiger partial charge in [-0.25, -0.2) is 13.8 Å². The lowest BCUT2D eigenvalue weighted by Crippen LogP contribution is -2.36. The molecule has 1 N–H and O–H groups in total. The average molecular weight is 496 g/mol. The Balaban J connectivity index is 1.25. The summed E-state index contributed by atoms with van der Waals surface area (Å²) in [5.41, 5.74) is 1.48. The van der Waals surface area contributed by atoms with Crippen LogP contribution < -0.4 is 4.74 Å². The largest absolute Gasteiger partial charge is 0.456 e. The highest BCUT2D eigenvalue weighted by atomic mass is 35.5. The second-order valence-corrected chi connectivity index (χ2v) is 8.59. The molecule has 34 heavy (non-hydrogen) atoms. The molecule has 3 aromatic rings. The number of nitrogens with zero attached hydrogens (tertiary/aromatic N) is 2. The standard InChI is InChI=1S/C23H24ClF2N3O5/c1-30-7-8-31-18-10-32-21-19(11-33-20(18)21)34-23-28-17-9-13(24)16(27-22(17)29-23)6-5-12-14(25)3-2-4-15(12)26/h2-4,9,18-21H,5-8,10-11H2,1H3,(H,27,28,29)/t18-,19-,20-,21-/m1/s1. The van der Waals surface area contributed by atoms with Gasteiger partial charge in [0.25, 0.3) is 6.01 Å². The number of hydrogen-bond acceptors (Lipinski definition) is 7. The Hall–Kier alpha value is -2.37. The van der Waals surface area contributed by atoms with E-state index in [1.54, 1.807) is 13.2 Å². The van der Waals surface area contributed by atoms with E-state index in [2.05, 4.69) is 15.0 Å². The number of benzene rings is 1. The first kappa shape index (κ1) is 23.4. The van der Waals surface area contributed by atoms with Crippen LogP contribution in [0.25, 0.3) is 11.2 Å². The van der Waals surface area contributed by atoms with Crippen molar-refractivity contribution in [3.63, 3.8) is 0 Å². The van der Waals surface area contributed by atoms with Gasteiger partial charge in [0.2, 0.25) is 0 Å². The molecule has 2 aliphatic rings. The number of aromatic nitrogens is 3. The van der Waals surface area contributed by atoms with E-state index < -0.39 is 11.6 Å². The topological polar surface area (TPSA) is 87.7 Å². The second-order valence-electron chi connectivity index (χ2n) is 8.18. The predicted molar refractivity (Wildman–Crippen MR) is 118 cm³/mol. The SMILES string of the molecule is COCCO[C@@H]1CO[C@H]2[C@@H]1OC[C@H]2Oc1nc2nc(CCc3c(F)cccc3F)c(Cl)cc2[nH]1. The summed E-state index contributed by atoms with van der Waals surface area (Å²) in [4.78, 5) is 11.9. The Labute approximate surface area is 199 Å². The molecule has 2 aromatic heterocycles. The molecule has 8 nitrogen and oxygen atoms in total. The van der Waals surface area contributed by atoms with E-state index in [0.717, 1.165) is 0 Å². The van der Waals surface area contributed by atoms with Gasteiger partial charge in [0.15, 0.2) is 11.8 Å². The monoisotopic (exact) mass is 495 g/mol. The minimum absolute atomic E-state index is 0.00312. The molecule has 1 aromatic carbocycles. The number of halogens is 3. The Kier molecular flexibility index (Phi) is 6.94. The molecule has 0 aliphatic carbocycles. The summed E-state index contributed by atoms with van der Waals surface area (Å²) in [6.45, 7) is 1.72. The van der Waals surface area contributed by atoms with Gasteiger partial charge in [-0.1, -0.05) is 17.7 Å². The van der Waals surface area contributed by atoms with Crippen LogP contribution in [0.1, 0.15) is 11.3 Å². The number of hydrogen-bond donors (Lipinski definition) is 1. The molecule has 182 valence electrons. The van der Waals surface area contributed by atoms with Crippen molar-refractivity contribution in [1.82, 2.24) is 15.0 Å². The summed E-state index contributed by atoms with van der Waals surface area (Å²) < 4.78 is 56.4. The molecule has 11 heteroatoms. The number of methoxy groups -OCH3 is 1. The molecule has 5 rings (SSSR count). The Morgan fingerprint density at radius 1 is 1.06 bits per heavy atom. The van der Waals surface area contributed by atoms with Crippen LogP contribution in [0, 0.1) is 11.6 Å². The normalized spacial score (nSPS) is 24.1. The molecule has 0 unspecified atom stereocenters. The van der Waals surface area contributed by atoms with Gasteiger partial charge in [-0.3, -0.25) is 0 Å². The van der Waals surface area contributed by atoms with Gasteiger partial charge in [-0.15, -0.1) is 0 Å². The van der Waals surface area contributed by atoms with E-state index in [4.69, 9.17) is 35.3 Å². The highest BCUT2D eigenvalue weighted by Gasteiger charge is 2.49. The molecule has 2 fully saturated rings. The van der Waals surface area contributed by atoms with Gasteiger partial charge in [0.05, 0.1) is 42.7 Å². The molecule has 0 spiro atoms. The van der Waals surface area contributed by atoms with E-state index in [0.29, 0.717) is 48.3 Å². The van der Waals surface area contributed by atoms with Crippen molar-refractivity contribution in [2.75, 3.05) is 33.5 Å². The van der Waals surface area contributed by atoms with Crippen LogP contribution in [0.5, 0.6) is 6.01 Å². The zero-order valence-electron chi connectivity index (χ0n) is 18.4. The van der Waals surface area contributed by atoms with Crippen molar-refractivity contribution < 1.29 is 32.5 Å². The number of aromatic amines is 1. The van der Waals surface area contributed by atoms with Crippen molar-refractivity contribution in [3.05, 3.63) is 52.2 Å². The fraction of sp³-hybridized carbons (Fsp3) is 0.478. The molecule has 0 radical (unpaired) electrons. The Bertz CT molecular complexity index is 1140. The smallest absolute Gasteiger partial charge is 0.296 e. The van der Waals surface area contributed by atoms with Crippen molar-refractivity contribution in [2.45, 2.75) is 37.3 Å². The summed E-state index contributed by atoms with van der Waals surface area (Å²) >= 11 is 6.37. The number of imidazole rings is 1. The summed E-state index contributed by atoms with van der Waals surface area (Å²) in [6, 6.07) is 5.73. The van der Waals surface area contributed by atoms with Gasteiger partial charge in [-0.05, 0) is 31.0 Å². The number of nitrogens with one attached hydrogen (secondary N) is 1. The molecule has 2 saturated heterocycles. The van der Waals surface area contributed by atoms with Crippen LogP contribution >= 0.6 is 11.6 Å². The number of ether oxygens (including phenoxy) is 5. The Morgan fingerprint density at radius 3 is 2.56 bits per heavy atom. The first-order chi connectivity index (χ1) is 16.5. The number of pyridine rings is 1. The quantitative estimate of drug-likeness (QED) is 0.456. The van der Waals surface area contributed by atoms with Gasteiger partial charge < -0.3 is 28.7 Å². The molecule has 0 saturated carbocycles. The van der Waals surface area contributed by atoms with E-state index in [1.165, 1.54) is 18.2 Å². The first-order valence-electron chi connectivity index (χ1n) is 11.0. The third-order valence-electron chi connectivity index (χ3n) is 6.00. The molecular formula is C23H24ClF2N3O5. The minimum atomic E-state index is -0.592. The first-order valence-corrected chi connectivity index (χ1v) is 11.4. The van der Waals surface area contributed by atoms with Gasteiger partial charge in [0.1, 0.15) is 29.9 Å². The van der Waals surface area contributed by atoms with Crippen molar-refractivity contribution in [3.8, 4) is 6.01 Å². The molecule has 4 heterocycles. The zero-order chi connectivity index (χ0) is 23.7. The van der Waals surface area contributed by atoms with Crippen LogP contribution in [0.4, 0.5) is 8.78 Å². The van der Waals surface area contributed by atoms with Crippen molar-refractivity contribution in [1.29, 1.82) is 0 Å². The second kappa shape index (κ2) is 10.1. The lowest BCUT2D eigenvalue weighted by Gasteiger charge is -2.16. The highest BCUT2D eigenvalue weighted by molar-refractivity contribution is 6.31. The summed E-state index contributed by atoms with van der Waals surface area (Å²) in [5.74, 6) is -1.18. The number of H-pyrrole nitrogens is 1. The number of aryl methyl sites for hydroxylation is 1. The predicted octanol–water partition coefficient (Wildman–Crippen LogP) is 3.25. The van der Waals surface area contributed by atoms with Crippen molar-refractivity contribution >= 4 is 22.8 Å².